The molecule has 0 aliphatic rings. The summed E-state index contributed by atoms with van der Waals surface area (Å²) in [6.07, 6.45) is 2.30. The average Bonchev–Trinajstić information content (AvgIpc) is 3.43. The maximum absolute atomic E-state index is 13.0. The molecule has 0 aliphatic carbocycles. The maximum Gasteiger partial charge on any atom is 0.226 e. The molecule has 0 atom stereocenters. The number of thioether (sulfide) groups is 1. The molecule has 32 heavy (non-hydrogen) atoms. The minimum atomic E-state index is -0.258. The number of carbonyl (C=O) groups is 1. The molecule has 1 N–H and O–H groups in total. The van der Waals surface area contributed by atoms with E-state index < -0.39 is 0 Å². The van der Waals surface area contributed by atoms with E-state index in [0.29, 0.717) is 29.0 Å². The van der Waals surface area contributed by atoms with Gasteiger partial charge in [0, 0.05) is 24.2 Å². The van der Waals surface area contributed by atoms with Crippen molar-refractivity contribution in [3.8, 4) is 11.3 Å². The largest absolute Gasteiger partial charge is 0.441 e. The second-order valence-electron chi connectivity index (χ2n) is 7.25. The number of aromatic nitrogens is 3. The van der Waals surface area contributed by atoms with Crippen molar-refractivity contribution in [2.45, 2.75) is 36.8 Å². The summed E-state index contributed by atoms with van der Waals surface area (Å²) in [5.74, 6) is 1.42. The number of nitrogens with zero attached hydrogens (tertiary/aromatic N) is 3. The molecule has 0 bridgehead atoms. The lowest BCUT2D eigenvalue weighted by Gasteiger charge is -2.02. The number of anilines is 1. The van der Waals surface area contributed by atoms with E-state index in [9.17, 15) is 9.18 Å². The SMILES string of the molecule is Cc1ccc(-c2cnc(CCC(=O)Nc3nnc(SCc4ccc(F)cc4)s3)o2)cc1C. The first kappa shape index (κ1) is 22.2. The van der Waals surface area contributed by atoms with E-state index in [4.69, 9.17) is 4.42 Å². The highest BCUT2D eigenvalue weighted by Crippen LogP contribution is 2.28. The number of hydrogen-bond acceptors (Lipinski definition) is 7. The molecule has 0 radical (unpaired) electrons. The maximum atomic E-state index is 13.0. The third-order valence-electron chi connectivity index (χ3n) is 4.84. The summed E-state index contributed by atoms with van der Waals surface area (Å²) in [6.45, 7) is 4.12. The van der Waals surface area contributed by atoms with Crippen molar-refractivity contribution in [3.63, 3.8) is 0 Å². The van der Waals surface area contributed by atoms with Crippen LogP contribution in [0.2, 0.25) is 0 Å². The van der Waals surface area contributed by atoms with E-state index in [0.717, 1.165) is 15.5 Å². The molecule has 0 spiro atoms. The van der Waals surface area contributed by atoms with Gasteiger partial charge in [0.15, 0.2) is 16.0 Å². The molecule has 0 unspecified atom stereocenters. The number of oxazole rings is 1. The summed E-state index contributed by atoms with van der Waals surface area (Å²) < 4.78 is 19.5. The van der Waals surface area contributed by atoms with Crippen LogP contribution in [-0.4, -0.2) is 21.1 Å². The van der Waals surface area contributed by atoms with Crippen molar-refractivity contribution in [2.75, 3.05) is 5.32 Å². The van der Waals surface area contributed by atoms with E-state index >= 15 is 0 Å². The second-order valence-corrected chi connectivity index (χ2v) is 9.45. The number of carbonyl (C=O) groups excluding carboxylic acids is 1. The minimum absolute atomic E-state index is 0.179. The number of amides is 1. The number of benzene rings is 2. The van der Waals surface area contributed by atoms with Crippen LogP contribution >= 0.6 is 23.1 Å². The third-order valence-corrected chi connectivity index (χ3v) is 6.88. The van der Waals surface area contributed by atoms with E-state index in [-0.39, 0.29) is 18.1 Å². The highest BCUT2D eigenvalue weighted by Gasteiger charge is 2.12. The van der Waals surface area contributed by atoms with Crippen molar-refractivity contribution in [2.24, 2.45) is 0 Å². The van der Waals surface area contributed by atoms with Crippen LogP contribution in [0.5, 0.6) is 0 Å². The highest BCUT2D eigenvalue weighted by molar-refractivity contribution is 8.00. The smallest absolute Gasteiger partial charge is 0.226 e. The number of rotatable bonds is 8. The summed E-state index contributed by atoms with van der Waals surface area (Å²) in [6, 6.07) is 12.4. The lowest BCUT2D eigenvalue weighted by Crippen LogP contribution is -2.12. The zero-order chi connectivity index (χ0) is 22.5. The summed E-state index contributed by atoms with van der Waals surface area (Å²) in [5.41, 5.74) is 4.37. The number of halogens is 1. The van der Waals surface area contributed by atoms with Crippen molar-refractivity contribution in [3.05, 3.63) is 77.1 Å². The first-order valence-corrected chi connectivity index (χ1v) is 11.8. The molecular formula is C23H21FN4O2S2. The predicted octanol–water partition coefficient (Wildman–Crippen LogP) is 5.81. The Kier molecular flexibility index (Phi) is 6.96. The fourth-order valence-electron chi connectivity index (χ4n) is 2.90. The Labute approximate surface area is 193 Å². The average molecular weight is 469 g/mol. The van der Waals surface area contributed by atoms with Gasteiger partial charge >= 0.3 is 0 Å². The number of nitrogens with one attached hydrogen (secondary N) is 1. The van der Waals surface area contributed by atoms with E-state index in [1.165, 1.54) is 46.4 Å². The molecule has 0 fully saturated rings. The number of aryl methyl sites for hydroxylation is 3. The van der Waals surface area contributed by atoms with Gasteiger partial charge < -0.3 is 9.73 Å². The van der Waals surface area contributed by atoms with Gasteiger partial charge in [-0.1, -0.05) is 47.4 Å². The summed E-state index contributed by atoms with van der Waals surface area (Å²) in [7, 11) is 0. The molecule has 0 aliphatic heterocycles. The Morgan fingerprint density at radius 3 is 2.72 bits per heavy atom. The van der Waals surface area contributed by atoms with Gasteiger partial charge in [0.1, 0.15) is 5.82 Å². The van der Waals surface area contributed by atoms with Crippen LogP contribution < -0.4 is 5.32 Å². The molecule has 1 amide bonds. The Bertz CT molecular complexity index is 1220. The second kappa shape index (κ2) is 10.1. The van der Waals surface area contributed by atoms with Crippen LogP contribution in [0, 0.1) is 19.7 Å². The van der Waals surface area contributed by atoms with Crippen molar-refractivity contribution in [1.29, 1.82) is 0 Å². The van der Waals surface area contributed by atoms with Gasteiger partial charge in [-0.2, -0.15) is 0 Å². The van der Waals surface area contributed by atoms with Gasteiger partial charge in [-0.3, -0.25) is 4.79 Å². The molecule has 2 aromatic carbocycles. The molecule has 0 saturated heterocycles. The molecule has 4 rings (SSSR count). The van der Waals surface area contributed by atoms with Gasteiger partial charge in [0.25, 0.3) is 0 Å². The highest BCUT2D eigenvalue weighted by atomic mass is 32.2. The van der Waals surface area contributed by atoms with E-state index in [1.807, 2.05) is 6.07 Å². The molecule has 4 aromatic rings. The fourth-order valence-corrected chi connectivity index (χ4v) is 4.62. The quantitative estimate of drug-likeness (QED) is 0.259. The molecule has 0 saturated carbocycles. The molecular weight excluding hydrogens is 447 g/mol. The zero-order valence-corrected chi connectivity index (χ0v) is 19.2. The zero-order valence-electron chi connectivity index (χ0n) is 17.6. The van der Waals surface area contributed by atoms with Crippen LogP contribution in [0.25, 0.3) is 11.3 Å². The van der Waals surface area contributed by atoms with Crippen molar-refractivity contribution < 1.29 is 13.6 Å². The van der Waals surface area contributed by atoms with Crippen molar-refractivity contribution >= 4 is 34.1 Å². The van der Waals surface area contributed by atoms with Crippen LogP contribution in [0.4, 0.5) is 9.52 Å². The Morgan fingerprint density at radius 2 is 1.94 bits per heavy atom. The molecule has 164 valence electrons. The van der Waals surface area contributed by atoms with Crippen LogP contribution in [0.15, 0.2) is 57.4 Å². The van der Waals surface area contributed by atoms with E-state index in [2.05, 4.69) is 46.5 Å². The van der Waals surface area contributed by atoms with Crippen LogP contribution in [-0.2, 0) is 17.0 Å². The van der Waals surface area contributed by atoms with Crippen LogP contribution in [0.3, 0.4) is 0 Å². The fraction of sp³-hybridized carbons (Fsp3) is 0.217. The van der Waals surface area contributed by atoms with Gasteiger partial charge in [-0.25, -0.2) is 9.37 Å². The van der Waals surface area contributed by atoms with Gasteiger partial charge in [-0.15, -0.1) is 10.2 Å². The van der Waals surface area contributed by atoms with Gasteiger partial charge in [-0.05, 0) is 48.7 Å². The van der Waals surface area contributed by atoms with Crippen LogP contribution in [0.1, 0.15) is 29.0 Å². The lowest BCUT2D eigenvalue weighted by atomic mass is 10.1. The lowest BCUT2D eigenvalue weighted by molar-refractivity contribution is -0.116. The number of hydrogen-bond donors (Lipinski definition) is 1. The summed E-state index contributed by atoms with van der Waals surface area (Å²) >= 11 is 2.79. The third kappa shape index (κ3) is 5.80. The first-order valence-electron chi connectivity index (χ1n) is 9.99. The minimum Gasteiger partial charge on any atom is -0.441 e. The Hall–Kier alpha value is -3.04. The predicted molar refractivity (Wildman–Crippen MR) is 124 cm³/mol. The van der Waals surface area contributed by atoms with Crippen molar-refractivity contribution in [1.82, 2.24) is 15.2 Å². The van der Waals surface area contributed by atoms with Gasteiger partial charge in [0.2, 0.25) is 11.0 Å². The molecule has 2 aromatic heterocycles. The molecule has 6 nitrogen and oxygen atoms in total. The summed E-state index contributed by atoms with van der Waals surface area (Å²) in [4.78, 5) is 16.6. The van der Waals surface area contributed by atoms with Gasteiger partial charge in [0.05, 0.1) is 6.20 Å². The topological polar surface area (TPSA) is 80.9 Å². The Balaban J connectivity index is 1.26. The molecule has 2 heterocycles. The van der Waals surface area contributed by atoms with E-state index in [1.54, 1.807) is 18.3 Å². The first-order chi connectivity index (χ1) is 15.5. The normalized spacial score (nSPS) is 11.0. The standard InChI is InChI=1S/C23H21FN4O2S2/c1-14-3-6-17(11-15(14)2)19-12-25-21(30-19)10-9-20(29)26-22-27-28-23(32-22)31-13-16-4-7-18(24)8-5-16/h3-8,11-12H,9-10,13H2,1-2H3,(H,26,27,29). The Morgan fingerprint density at radius 1 is 1.12 bits per heavy atom. The monoisotopic (exact) mass is 468 g/mol. The molecule has 9 heteroatoms. The summed E-state index contributed by atoms with van der Waals surface area (Å²) in [5, 5.41) is 11.3.